The summed E-state index contributed by atoms with van der Waals surface area (Å²) in [5.74, 6) is -1.31. The molecule has 1 aliphatic heterocycles. The van der Waals surface area contributed by atoms with Crippen LogP contribution in [0.1, 0.15) is 16.7 Å². The topological polar surface area (TPSA) is 77.9 Å². The van der Waals surface area contributed by atoms with E-state index >= 15 is 0 Å². The number of hydrogen-bond acceptors (Lipinski definition) is 4. The summed E-state index contributed by atoms with van der Waals surface area (Å²) in [7, 11) is 0. The van der Waals surface area contributed by atoms with Gasteiger partial charge in [0.05, 0.1) is 11.4 Å². The van der Waals surface area contributed by atoms with Crippen molar-refractivity contribution in [3.63, 3.8) is 0 Å². The maximum atomic E-state index is 13.4. The second-order valence-electron chi connectivity index (χ2n) is 7.29. The van der Waals surface area contributed by atoms with Gasteiger partial charge in [-0.15, -0.1) is 0 Å². The molecule has 3 aromatic carbocycles. The summed E-state index contributed by atoms with van der Waals surface area (Å²) in [5, 5.41) is 9.53. The van der Waals surface area contributed by atoms with Crippen LogP contribution in [0.3, 0.4) is 0 Å². The number of phenolic OH excluding ortho intramolecular Hbond substituents is 1. The van der Waals surface area contributed by atoms with Crippen LogP contribution in [0.5, 0.6) is 5.75 Å². The third-order valence-electron chi connectivity index (χ3n) is 5.17. The van der Waals surface area contributed by atoms with E-state index in [1.165, 1.54) is 18.2 Å². The molecule has 1 fully saturated rings. The lowest BCUT2D eigenvalue weighted by atomic mass is 10.0. The zero-order valence-electron chi connectivity index (χ0n) is 17.1. The van der Waals surface area contributed by atoms with E-state index in [9.17, 15) is 19.5 Å². The summed E-state index contributed by atoms with van der Waals surface area (Å²) < 4.78 is 0. The predicted octanol–water partition coefficient (Wildman–Crippen LogP) is 4.59. The minimum absolute atomic E-state index is 0.0710. The lowest BCUT2D eigenvalue weighted by molar-refractivity contribution is -0.121. The van der Waals surface area contributed by atoms with E-state index in [2.05, 4.69) is 0 Å². The lowest BCUT2D eigenvalue weighted by Crippen LogP contribution is -2.57. The van der Waals surface area contributed by atoms with E-state index in [-0.39, 0.29) is 11.3 Å². The van der Waals surface area contributed by atoms with E-state index in [1.807, 2.05) is 12.1 Å². The number of rotatable bonds is 3. The second kappa shape index (κ2) is 7.91. The van der Waals surface area contributed by atoms with Crippen LogP contribution in [0.2, 0.25) is 0 Å². The number of carbonyl (C=O) groups excluding carboxylic acids is 3. The Bertz CT molecular complexity index is 1160. The first-order valence-electron chi connectivity index (χ1n) is 9.73. The van der Waals surface area contributed by atoms with E-state index in [0.29, 0.717) is 16.9 Å². The van der Waals surface area contributed by atoms with Gasteiger partial charge in [-0.3, -0.25) is 9.59 Å². The first-order valence-corrected chi connectivity index (χ1v) is 9.73. The lowest BCUT2D eigenvalue weighted by Gasteiger charge is -2.35. The first kappa shape index (κ1) is 20.1. The molecule has 0 aromatic heterocycles. The van der Waals surface area contributed by atoms with Crippen molar-refractivity contribution < 1.29 is 19.5 Å². The third-order valence-corrected chi connectivity index (χ3v) is 5.17. The molecule has 0 spiro atoms. The van der Waals surface area contributed by atoms with Crippen LogP contribution in [0, 0.1) is 13.8 Å². The summed E-state index contributed by atoms with van der Waals surface area (Å²) in [6, 6.07) is 19.4. The van der Waals surface area contributed by atoms with Crippen LogP contribution in [-0.2, 0) is 9.59 Å². The van der Waals surface area contributed by atoms with Gasteiger partial charge in [0.15, 0.2) is 0 Å². The van der Waals surface area contributed by atoms with Gasteiger partial charge in [0, 0.05) is 0 Å². The molecule has 1 heterocycles. The van der Waals surface area contributed by atoms with Crippen LogP contribution in [0.4, 0.5) is 16.2 Å². The van der Waals surface area contributed by atoms with E-state index < -0.39 is 17.8 Å². The first-order chi connectivity index (χ1) is 14.9. The Labute approximate surface area is 179 Å². The Morgan fingerprint density at radius 2 is 1.13 bits per heavy atom. The fraction of sp³-hybridized carbons (Fsp3) is 0.0800. The Balaban J connectivity index is 1.91. The average molecular weight is 412 g/mol. The number of amides is 4. The van der Waals surface area contributed by atoms with Gasteiger partial charge in [-0.05, 0) is 60.9 Å². The van der Waals surface area contributed by atoms with Crippen molar-refractivity contribution in [3.8, 4) is 5.75 Å². The molecule has 1 aliphatic rings. The standard InChI is InChI=1S/C25H20N2O4/c1-16-7-3-5-9-21(16)26-23(29)20(15-18-11-13-19(28)14-12-18)24(30)27(25(26)31)22-10-6-4-8-17(22)2/h3-15,28H,1-2H3. The number of aryl methyl sites for hydroxylation is 2. The fourth-order valence-corrected chi connectivity index (χ4v) is 3.52. The smallest absolute Gasteiger partial charge is 0.343 e. The summed E-state index contributed by atoms with van der Waals surface area (Å²) in [6.07, 6.45) is 1.44. The largest absolute Gasteiger partial charge is 0.508 e. The van der Waals surface area contributed by atoms with Gasteiger partial charge in [-0.25, -0.2) is 14.6 Å². The SMILES string of the molecule is Cc1ccccc1N1C(=O)C(=Cc2ccc(O)cc2)C(=O)N(c2ccccc2C)C1=O. The Kier molecular flexibility index (Phi) is 5.13. The van der Waals surface area contributed by atoms with Gasteiger partial charge in [-0.2, -0.15) is 0 Å². The molecule has 0 saturated carbocycles. The Morgan fingerprint density at radius 1 is 0.677 bits per heavy atom. The average Bonchev–Trinajstić information content (AvgIpc) is 2.75. The maximum absolute atomic E-state index is 13.4. The van der Waals surface area contributed by atoms with Crippen LogP contribution in [-0.4, -0.2) is 23.0 Å². The number of nitrogens with zero attached hydrogens (tertiary/aromatic N) is 2. The highest BCUT2D eigenvalue weighted by molar-refractivity contribution is 6.46. The minimum atomic E-state index is -0.721. The maximum Gasteiger partial charge on any atom is 0.343 e. The monoisotopic (exact) mass is 412 g/mol. The van der Waals surface area contributed by atoms with Crippen LogP contribution in [0.25, 0.3) is 6.08 Å². The molecule has 6 nitrogen and oxygen atoms in total. The van der Waals surface area contributed by atoms with Gasteiger partial charge in [0.1, 0.15) is 11.3 Å². The number of benzene rings is 3. The molecular formula is C25H20N2O4. The molecule has 0 aliphatic carbocycles. The number of barbiturate groups is 1. The zero-order valence-corrected chi connectivity index (χ0v) is 17.1. The molecule has 4 rings (SSSR count). The van der Waals surface area contributed by atoms with Crippen molar-refractivity contribution in [2.45, 2.75) is 13.8 Å². The van der Waals surface area contributed by atoms with Gasteiger partial charge in [0.2, 0.25) is 0 Å². The van der Waals surface area contributed by atoms with Gasteiger partial charge >= 0.3 is 6.03 Å². The van der Waals surface area contributed by atoms with Crippen molar-refractivity contribution in [3.05, 3.63) is 95.1 Å². The fourth-order valence-electron chi connectivity index (χ4n) is 3.52. The van der Waals surface area contributed by atoms with Crippen LogP contribution in [0.15, 0.2) is 78.4 Å². The molecule has 1 N–H and O–H groups in total. The number of hydrogen-bond donors (Lipinski definition) is 1. The van der Waals surface area contributed by atoms with Crippen molar-refractivity contribution >= 4 is 35.3 Å². The van der Waals surface area contributed by atoms with Crippen molar-refractivity contribution in [1.82, 2.24) is 0 Å². The highest BCUT2D eigenvalue weighted by Gasteiger charge is 2.44. The number of carbonyl (C=O) groups is 3. The third kappa shape index (κ3) is 3.59. The predicted molar refractivity (Wildman–Crippen MR) is 119 cm³/mol. The van der Waals surface area contributed by atoms with Crippen molar-refractivity contribution in [1.29, 1.82) is 0 Å². The number of aromatic hydroxyl groups is 1. The summed E-state index contributed by atoms with van der Waals surface area (Å²) in [5.41, 5.74) is 2.70. The van der Waals surface area contributed by atoms with Crippen LogP contribution >= 0.6 is 0 Å². The van der Waals surface area contributed by atoms with Crippen LogP contribution < -0.4 is 9.80 Å². The summed E-state index contributed by atoms with van der Waals surface area (Å²) in [6.45, 7) is 3.60. The highest BCUT2D eigenvalue weighted by atomic mass is 16.3. The molecule has 3 aromatic rings. The quantitative estimate of drug-likeness (QED) is 0.504. The van der Waals surface area contributed by atoms with Crippen molar-refractivity contribution in [2.75, 3.05) is 9.80 Å². The number of imide groups is 2. The van der Waals surface area contributed by atoms with Gasteiger partial charge in [0.25, 0.3) is 11.8 Å². The molecule has 0 unspecified atom stereocenters. The molecule has 0 radical (unpaired) electrons. The number of anilines is 2. The Hall–Kier alpha value is -4.19. The number of urea groups is 1. The molecular weight excluding hydrogens is 392 g/mol. The molecule has 6 heteroatoms. The highest BCUT2D eigenvalue weighted by Crippen LogP contribution is 2.32. The second-order valence-corrected chi connectivity index (χ2v) is 7.29. The molecule has 4 amide bonds. The summed E-state index contributed by atoms with van der Waals surface area (Å²) >= 11 is 0. The number of phenols is 1. The number of para-hydroxylation sites is 2. The van der Waals surface area contributed by atoms with Gasteiger partial charge in [-0.1, -0.05) is 48.5 Å². The molecule has 1 saturated heterocycles. The van der Waals surface area contributed by atoms with E-state index in [0.717, 1.165) is 20.9 Å². The van der Waals surface area contributed by atoms with Gasteiger partial charge < -0.3 is 5.11 Å². The van der Waals surface area contributed by atoms with Crippen molar-refractivity contribution in [2.24, 2.45) is 0 Å². The minimum Gasteiger partial charge on any atom is -0.508 e. The Morgan fingerprint density at radius 3 is 1.58 bits per heavy atom. The molecule has 0 atom stereocenters. The summed E-state index contributed by atoms with van der Waals surface area (Å²) in [4.78, 5) is 42.3. The molecule has 31 heavy (non-hydrogen) atoms. The normalized spacial score (nSPS) is 14.3. The van der Waals surface area contributed by atoms with E-state index in [4.69, 9.17) is 0 Å². The molecule has 0 bridgehead atoms. The molecule has 154 valence electrons. The van der Waals surface area contributed by atoms with E-state index in [1.54, 1.807) is 62.4 Å². The zero-order chi connectivity index (χ0) is 22.1.